The summed E-state index contributed by atoms with van der Waals surface area (Å²) < 4.78 is 11.9. The Hall–Kier alpha value is -4.18. The molecule has 2 aliphatic heterocycles. The van der Waals surface area contributed by atoms with Gasteiger partial charge < -0.3 is 30.9 Å². The zero-order valence-electron chi connectivity index (χ0n) is 18.2. The number of anilines is 2. The SMILES string of the molecule is Nc1nc(N)c2c(n1)O[C@]1(COCCN(C(=O)c3ccccc3-c3ccccc3C(=O)O)C1)C2. The van der Waals surface area contributed by atoms with Crippen LogP contribution in [0.3, 0.4) is 0 Å². The summed E-state index contributed by atoms with van der Waals surface area (Å²) in [5.41, 5.74) is 13.1. The first-order valence-electron chi connectivity index (χ1n) is 10.8. The first kappa shape index (κ1) is 21.7. The highest BCUT2D eigenvalue weighted by molar-refractivity contribution is 6.04. The van der Waals surface area contributed by atoms with Crippen molar-refractivity contribution in [1.82, 2.24) is 14.9 Å². The van der Waals surface area contributed by atoms with Crippen LogP contribution in [0.5, 0.6) is 5.88 Å². The summed E-state index contributed by atoms with van der Waals surface area (Å²) in [5, 5.41) is 9.65. The molecule has 1 atom stereocenters. The molecule has 5 rings (SSSR count). The number of fused-ring (bicyclic) bond motifs is 1. The van der Waals surface area contributed by atoms with Crippen LogP contribution in [0, 0.1) is 0 Å². The van der Waals surface area contributed by atoms with Gasteiger partial charge in [0, 0.05) is 18.5 Å². The molecule has 0 unspecified atom stereocenters. The third kappa shape index (κ3) is 3.77. The van der Waals surface area contributed by atoms with E-state index in [-0.39, 0.29) is 36.4 Å². The van der Waals surface area contributed by atoms with Crippen molar-refractivity contribution in [2.75, 3.05) is 37.8 Å². The predicted molar refractivity (Wildman–Crippen MR) is 123 cm³/mol. The molecule has 0 bridgehead atoms. The number of nitrogen functional groups attached to an aromatic ring is 2. The van der Waals surface area contributed by atoms with Gasteiger partial charge in [0.1, 0.15) is 5.82 Å². The van der Waals surface area contributed by atoms with Gasteiger partial charge in [-0.3, -0.25) is 4.79 Å². The van der Waals surface area contributed by atoms with Crippen molar-refractivity contribution in [2.45, 2.75) is 12.0 Å². The van der Waals surface area contributed by atoms with Crippen LogP contribution in [0.2, 0.25) is 0 Å². The van der Waals surface area contributed by atoms with Gasteiger partial charge in [-0.1, -0.05) is 36.4 Å². The molecule has 1 amide bonds. The molecule has 1 saturated heterocycles. The number of ether oxygens (including phenoxy) is 2. The van der Waals surface area contributed by atoms with E-state index in [0.29, 0.717) is 47.7 Å². The fourth-order valence-corrected chi connectivity index (χ4v) is 4.54. The van der Waals surface area contributed by atoms with E-state index < -0.39 is 11.6 Å². The Bertz CT molecular complexity index is 1300. The monoisotopic (exact) mass is 461 g/mol. The zero-order valence-corrected chi connectivity index (χ0v) is 18.2. The maximum atomic E-state index is 13.8. The number of hydrogen-bond acceptors (Lipinski definition) is 8. The van der Waals surface area contributed by atoms with Crippen LogP contribution in [-0.2, 0) is 11.2 Å². The van der Waals surface area contributed by atoms with Gasteiger partial charge in [-0.05, 0) is 23.3 Å². The Morgan fingerprint density at radius 1 is 1.00 bits per heavy atom. The van der Waals surface area contributed by atoms with E-state index in [9.17, 15) is 14.7 Å². The largest absolute Gasteiger partial charge is 0.478 e. The lowest BCUT2D eigenvalue weighted by molar-refractivity contribution is -0.00146. The smallest absolute Gasteiger partial charge is 0.336 e. The summed E-state index contributed by atoms with van der Waals surface area (Å²) in [6.45, 7) is 1.15. The van der Waals surface area contributed by atoms with Gasteiger partial charge in [-0.15, -0.1) is 0 Å². The molecule has 0 saturated carbocycles. The maximum Gasteiger partial charge on any atom is 0.336 e. The number of carbonyl (C=O) groups excluding carboxylic acids is 1. The zero-order chi connectivity index (χ0) is 23.9. The minimum atomic E-state index is -1.06. The lowest BCUT2D eigenvalue weighted by Gasteiger charge is -2.31. The average Bonchev–Trinajstić information content (AvgIpc) is 3.05. The summed E-state index contributed by atoms with van der Waals surface area (Å²) in [6, 6.07) is 13.6. The second-order valence-electron chi connectivity index (χ2n) is 8.39. The second-order valence-corrected chi connectivity index (χ2v) is 8.39. The van der Waals surface area contributed by atoms with E-state index in [1.807, 2.05) is 0 Å². The quantitative estimate of drug-likeness (QED) is 0.530. The Morgan fingerprint density at radius 3 is 2.41 bits per heavy atom. The number of aromatic carboxylic acids is 1. The molecule has 1 aromatic heterocycles. The fraction of sp³-hybridized carbons (Fsp3) is 0.250. The van der Waals surface area contributed by atoms with E-state index in [0.717, 1.165) is 0 Å². The highest BCUT2D eigenvalue weighted by Crippen LogP contribution is 2.38. The Balaban J connectivity index is 1.49. The number of carbonyl (C=O) groups is 2. The Morgan fingerprint density at radius 2 is 1.68 bits per heavy atom. The molecule has 10 heteroatoms. The Labute approximate surface area is 195 Å². The number of hydrogen-bond donors (Lipinski definition) is 3. The van der Waals surface area contributed by atoms with E-state index in [1.165, 1.54) is 6.07 Å². The number of carboxylic acids is 1. The molecule has 3 aromatic rings. The molecular weight excluding hydrogens is 438 g/mol. The standard InChI is InChI=1S/C24H23N5O5/c25-19-18-11-24(34-20(18)28-23(26)27-19)12-29(9-10-33-13-24)21(30)16-7-3-1-5-14(16)15-6-2-4-8-17(15)22(31)32/h1-8H,9-13H2,(H,31,32)(H4,25,26,27,28)/t24-/m1/s1. The van der Waals surface area contributed by atoms with Gasteiger partial charge >= 0.3 is 5.97 Å². The van der Waals surface area contributed by atoms with Gasteiger partial charge in [-0.2, -0.15) is 9.97 Å². The molecular formula is C24H23N5O5. The van der Waals surface area contributed by atoms with Crippen molar-refractivity contribution in [3.05, 3.63) is 65.2 Å². The van der Waals surface area contributed by atoms with Crippen LogP contribution in [-0.4, -0.2) is 63.8 Å². The van der Waals surface area contributed by atoms with Gasteiger partial charge in [-0.25, -0.2) is 4.79 Å². The van der Waals surface area contributed by atoms with Gasteiger partial charge in [0.25, 0.3) is 5.91 Å². The molecule has 34 heavy (non-hydrogen) atoms. The molecule has 2 aliphatic rings. The number of benzene rings is 2. The van der Waals surface area contributed by atoms with Crippen molar-refractivity contribution < 1.29 is 24.2 Å². The van der Waals surface area contributed by atoms with Crippen molar-refractivity contribution in [3.63, 3.8) is 0 Å². The predicted octanol–water partition coefficient (Wildman–Crippen LogP) is 1.85. The molecule has 5 N–H and O–H groups in total. The number of carboxylic acid groups (broad SMARTS) is 1. The van der Waals surface area contributed by atoms with Crippen molar-refractivity contribution in [2.24, 2.45) is 0 Å². The highest BCUT2D eigenvalue weighted by atomic mass is 16.6. The lowest BCUT2D eigenvalue weighted by Crippen LogP contribution is -2.50. The molecule has 0 radical (unpaired) electrons. The number of rotatable bonds is 3. The van der Waals surface area contributed by atoms with E-state index in [1.54, 1.807) is 47.4 Å². The van der Waals surface area contributed by atoms with Crippen LogP contribution in [0.25, 0.3) is 11.1 Å². The fourth-order valence-electron chi connectivity index (χ4n) is 4.54. The van der Waals surface area contributed by atoms with Crippen LogP contribution in [0.4, 0.5) is 11.8 Å². The number of nitrogens with two attached hydrogens (primary N) is 2. The minimum absolute atomic E-state index is 0.0156. The summed E-state index contributed by atoms with van der Waals surface area (Å²) in [6.07, 6.45) is 0.377. The van der Waals surface area contributed by atoms with E-state index in [4.69, 9.17) is 20.9 Å². The van der Waals surface area contributed by atoms with Crippen molar-refractivity contribution in [1.29, 1.82) is 0 Å². The summed E-state index contributed by atoms with van der Waals surface area (Å²) in [5.74, 6) is -0.744. The number of amides is 1. The topological polar surface area (TPSA) is 154 Å². The second kappa shape index (κ2) is 8.31. The van der Waals surface area contributed by atoms with Crippen molar-refractivity contribution >= 4 is 23.6 Å². The summed E-state index contributed by atoms with van der Waals surface area (Å²) in [4.78, 5) is 35.4. The van der Waals surface area contributed by atoms with E-state index >= 15 is 0 Å². The van der Waals surface area contributed by atoms with Gasteiger partial charge in [0.15, 0.2) is 5.60 Å². The molecule has 0 aliphatic carbocycles. The summed E-state index contributed by atoms with van der Waals surface area (Å²) in [7, 11) is 0. The molecule has 1 spiro atoms. The first-order chi connectivity index (χ1) is 16.4. The van der Waals surface area contributed by atoms with Crippen LogP contribution >= 0.6 is 0 Å². The normalized spacial score (nSPS) is 19.4. The summed E-state index contributed by atoms with van der Waals surface area (Å²) >= 11 is 0. The van der Waals surface area contributed by atoms with Crippen LogP contribution in [0.1, 0.15) is 26.3 Å². The number of nitrogens with zero attached hydrogens (tertiary/aromatic N) is 3. The molecule has 174 valence electrons. The van der Waals surface area contributed by atoms with Gasteiger partial charge in [0.2, 0.25) is 11.8 Å². The van der Waals surface area contributed by atoms with Crippen molar-refractivity contribution in [3.8, 4) is 17.0 Å². The lowest BCUT2D eigenvalue weighted by atomic mass is 9.94. The maximum absolute atomic E-state index is 13.8. The Kier molecular flexibility index (Phi) is 5.29. The van der Waals surface area contributed by atoms with E-state index in [2.05, 4.69) is 9.97 Å². The third-order valence-electron chi connectivity index (χ3n) is 6.07. The molecule has 2 aromatic carbocycles. The number of aromatic nitrogens is 2. The third-order valence-corrected chi connectivity index (χ3v) is 6.07. The van der Waals surface area contributed by atoms with Gasteiger partial charge in [0.05, 0.1) is 30.9 Å². The van der Waals surface area contributed by atoms with Crippen LogP contribution in [0.15, 0.2) is 48.5 Å². The first-order valence-corrected chi connectivity index (χ1v) is 10.8. The van der Waals surface area contributed by atoms with Crippen LogP contribution < -0.4 is 16.2 Å². The highest BCUT2D eigenvalue weighted by Gasteiger charge is 2.46. The molecule has 1 fully saturated rings. The minimum Gasteiger partial charge on any atom is -0.478 e. The molecule has 10 nitrogen and oxygen atoms in total. The molecule has 3 heterocycles. The average molecular weight is 461 g/mol.